The van der Waals surface area contributed by atoms with Gasteiger partial charge in [-0.25, -0.2) is 4.98 Å². The van der Waals surface area contributed by atoms with Crippen LogP contribution in [-0.2, 0) is 11.2 Å². The molecule has 0 unspecified atom stereocenters. The first kappa shape index (κ1) is 21.6. The van der Waals surface area contributed by atoms with Crippen LogP contribution in [0.15, 0.2) is 47.0 Å². The number of carbonyl (C=O) groups excluding carboxylic acids is 1. The monoisotopic (exact) mass is 445 g/mol. The molecule has 7 nitrogen and oxygen atoms in total. The van der Waals surface area contributed by atoms with E-state index in [4.69, 9.17) is 4.42 Å². The number of amides is 1. The van der Waals surface area contributed by atoms with Crippen molar-refractivity contribution in [3.8, 4) is 11.3 Å². The van der Waals surface area contributed by atoms with Gasteiger partial charge in [0.15, 0.2) is 5.89 Å². The number of pyridine rings is 1. The second-order valence-corrected chi connectivity index (χ2v) is 9.12. The number of anilines is 2. The SMILES string of the molecule is Cc1nc(-c2ccc(N3CC[C@H](Cc4ncccc4N4CCN(C)CC4)C3=O)cc2)c(C)o1. The Morgan fingerprint density at radius 1 is 1.03 bits per heavy atom. The van der Waals surface area contributed by atoms with Gasteiger partial charge in [-0.1, -0.05) is 12.1 Å². The van der Waals surface area contributed by atoms with Gasteiger partial charge in [-0.3, -0.25) is 9.78 Å². The smallest absolute Gasteiger partial charge is 0.230 e. The quantitative estimate of drug-likeness (QED) is 0.597. The molecule has 0 saturated carbocycles. The summed E-state index contributed by atoms with van der Waals surface area (Å²) in [6.07, 6.45) is 3.38. The van der Waals surface area contributed by atoms with Crippen LogP contribution in [0.25, 0.3) is 11.3 Å². The van der Waals surface area contributed by atoms with Gasteiger partial charge in [0.05, 0.1) is 11.4 Å². The number of carbonyl (C=O) groups is 1. The average molecular weight is 446 g/mol. The summed E-state index contributed by atoms with van der Waals surface area (Å²) in [4.78, 5) is 29.1. The molecule has 4 heterocycles. The molecule has 33 heavy (non-hydrogen) atoms. The van der Waals surface area contributed by atoms with E-state index in [2.05, 4.69) is 32.9 Å². The van der Waals surface area contributed by atoms with Crippen LogP contribution in [0.4, 0.5) is 11.4 Å². The van der Waals surface area contributed by atoms with Gasteiger partial charge in [0.1, 0.15) is 11.5 Å². The number of nitrogens with zero attached hydrogens (tertiary/aromatic N) is 5. The summed E-state index contributed by atoms with van der Waals surface area (Å²) in [5, 5.41) is 0. The van der Waals surface area contributed by atoms with Crippen LogP contribution in [0.3, 0.4) is 0 Å². The molecular weight excluding hydrogens is 414 g/mol. The zero-order chi connectivity index (χ0) is 22.9. The molecule has 2 aliphatic heterocycles. The molecule has 7 heteroatoms. The normalized spacial score (nSPS) is 19.5. The van der Waals surface area contributed by atoms with E-state index in [1.807, 2.05) is 55.3 Å². The Hall–Kier alpha value is -3.19. The van der Waals surface area contributed by atoms with E-state index >= 15 is 0 Å². The zero-order valence-electron chi connectivity index (χ0n) is 19.6. The maximum absolute atomic E-state index is 13.3. The van der Waals surface area contributed by atoms with Gasteiger partial charge in [0.25, 0.3) is 0 Å². The Bertz CT molecular complexity index is 1130. The molecule has 2 aliphatic rings. The van der Waals surface area contributed by atoms with Crippen LogP contribution < -0.4 is 9.80 Å². The molecule has 172 valence electrons. The maximum atomic E-state index is 13.3. The largest absolute Gasteiger partial charge is 0.446 e. The number of oxazole rings is 1. The van der Waals surface area contributed by atoms with Gasteiger partial charge in [-0.15, -0.1) is 0 Å². The summed E-state index contributed by atoms with van der Waals surface area (Å²) < 4.78 is 5.56. The van der Waals surface area contributed by atoms with Crippen molar-refractivity contribution in [3.63, 3.8) is 0 Å². The molecular formula is C26H31N5O2. The predicted molar refractivity (Wildman–Crippen MR) is 130 cm³/mol. The van der Waals surface area contributed by atoms with Gasteiger partial charge in [0, 0.05) is 69.4 Å². The number of piperazine rings is 1. The van der Waals surface area contributed by atoms with Gasteiger partial charge >= 0.3 is 0 Å². The number of hydrogen-bond acceptors (Lipinski definition) is 6. The topological polar surface area (TPSA) is 65.7 Å². The molecule has 3 aromatic rings. The predicted octanol–water partition coefficient (Wildman–Crippen LogP) is 3.70. The molecule has 0 aliphatic carbocycles. The minimum atomic E-state index is -0.0359. The van der Waals surface area contributed by atoms with Crippen molar-refractivity contribution < 1.29 is 9.21 Å². The fraction of sp³-hybridized carbons (Fsp3) is 0.423. The Kier molecular flexibility index (Phi) is 5.89. The molecule has 0 N–H and O–H groups in total. The first-order valence-corrected chi connectivity index (χ1v) is 11.7. The number of likely N-dealkylation sites (N-methyl/N-ethyl adjacent to an activating group) is 1. The highest BCUT2D eigenvalue weighted by Gasteiger charge is 2.34. The summed E-state index contributed by atoms with van der Waals surface area (Å²) in [7, 11) is 2.16. The lowest BCUT2D eigenvalue weighted by Gasteiger charge is -2.35. The van der Waals surface area contributed by atoms with Gasteiger partial charge < -0.3 is 19.1 Å². The highest BCUT2D eigenvalue weighted by atomic mass is 16.4. The standard InChI is InChI=1S/C26H31N5O2/c1-18-25(28-19(2)33-18)20-6-8-22(9-7-20)31-12-10-21(26(31)32)17-23-24(5-4-11-27-23)30-15-13-29(3)14-16-30/h4-9,11,21H,10,12-17H2,1-3H3/t21-/m1/s1. The zero-order valence-corrected chi connectivity index (χ0v) is 19.6. The Morgan fingerprint density at radius 2 is 1.79 bits per heavy atom. The molecule has 0 radical (unpaired) electrons. The first-order chi connectivity index (χ1) is 16.0. The van der Waals surface area contributed by atoms with Crippen molar-refractivity contribution in [2.45, 2.75) is 26.7 Å². The van der Waals surface area contributed by atoms with Crippen molar-refractivity contribution in [1.29, 1.82) is 0 Å². The van der Waals surface area contributed by atoms with E-state index in [0.29, 0.717) is 12.3 Å². The van der Waals surface area contributed by atoms with E-state index < -0.39 is 0 Å². The maximum Gasteiger partial charge on any atom is 0.230 e. The molecule has 2 saturated heterocycles. The van der Waals surface area contributed by atoms with E-state index in [9.17, 15) is 4.79 Å². The molecule has 0 spiro atoms. The molecule has 1 atom stereocenters. The summed E-state index contributed by atoms with van der Waals surface area (Å²) in [5.74, 6) is 1.62. The minimum Gasteiger partial charge on any atom is -0.446 e. The summed E-state index contributed by atoms with van der Waals surface area (Å²) in [5.41, 5.74) is 5.01. The third kappa shape index (κ3) is 4.37. The van der Waals surface area contributed by atoms with Crippen molar-refractivity contribution in [2.75, 3.05) is 49.6 Å². The second kappa shape index (κ2) is 8.98. The average Bonchev–Trinajstić information content (AvgIpc) is 3.36. The highest BCUT2D eigenvalue weighted by molar-refractivity contribution is 5.97. The van der Waals surface area contributed by atoms with Gasteiger partial charge in [-0.2, -0.15) is 0 Å². The molecule has 1 aromatic carbocycles. The second-order valence-electron chi connectivity index (χ2n) is 9.12. The lowest BCUT2D eigenvalue weighted by atomic mass is 10.00. The molecule has 1 amide bonds. The summed E-state index contributed by atoms with van der Waals surface area (Å²) in [6, 6.07) is 12.2. The third-order valence-electron chi connectivity index (χ3n) is 6.82. The van der Waals surface area contributed by atoms with E-state index in [-0.39, 0.29) is 11.8 Å². The van der Waals surface area contributed by atoms with E-state index in [1.165, 1.54) is 5.69 Å². The molecule has 5 rings (SSSR count). The van der Waals surface area contributed by atoms with Crippen LogP contribution in [-0.4, -0.2) is 60.5 Å². The number of rotatable bonds is 5. The minimum absolute atomic E-state index is 0.0359. The third-order valence-corrected chi connectivity index (χ3v) is 6.82. The Balaban J connectivity index is 1.29. The van der Waals surface area contributed by atoms with Crippen molar-refractivity contribution in [3.05, 3.63) is 59.9 Å². The number of aromatic nitrogens is 2. The van der Waals surface area contributed by atoms with Gasteiger partial charge in [-0.05, 0) is 44.7 Å². The van der Waals surface area contributed by atoms with Gasteiger partial charge in [0.2, 0.25) is 5.91 Å². The number of benzene rings is 1. The number of aryl methyl sites for hydroxylation is 2. The van der Waals surface area contributed by atoms with Crippen LogP contribution in [0, 0.1) is 19.8 Å². The van der Waals surface area contributed by atoms with Crippen LogP contribution >= 0.6 is 0 Å². The van der Waals surface area contributed by atoms with Crippen molar-refractivity contribution in [1.82, 2.24) is 14.9 Å². The Morgan fingerprint density at radius 3 is 2.48 bits per heavy atom. The molecule has 2 fully saturated rings. The lowest BCUT2D eigenvalue weighted by Crippen LogP contribution is -2.45. The van der Waals surface area contributed by atoms with E-state index in [0.717, 1.165) is 67.5 Å². The van der Waals surface area contributed by atoms with Crippen LogP contribution in [0.2, 0.25) is 0 Å². The molecule has 2 aromatic heterocycles. The van der Waals surface area contributed by atoms with Crippen molar-refractivity contribution in [2.24, 2.45) is 5.92 Å². The molecule has 0 bridgehead atoms. The summed E-state index contributed by atoms with van der Waals surface area (Å²) >= 11 is 0. The summed E-state index contributed by atoms with van der Waals surface area (Å²) in [6.45, 7) is 8.60. The first-order valence-electron chi connectivity index (χ1n) is 11.7. The fourth-order valence-corrected chi connectivity index (χ4v) is 4.94. The Labute approximate surface area is 195 Å². The van der Waals surface area contributed by atoms with Crippen LogP contribution in [0.5, 0.6) is 0 Å². The van der Waals surface area contributed by atoms with Crippen molar-refractivity contribution >= 4 is 17.3 Å². The highest BCUT2D eigenvalue weighted by Crippen LogP contribution is 2.32. The van der Waals surface area contributed by atoms with E-state index in [1.54, 1.807) is 0 Å². The van der Waals surface area contributed by atoms with Crippen LogP contribution in [0.1, 0.15) is 23.8 Å². The number of hydrogen-bond donors (Lipinski definition) is 0. The lowest BCUT2D eigenvalue weighted by molar-refractivity contribution is -0.120. The fourth-order valence-electron chi connectivity index (χ4n) is 4.94.